The number of rotatable bonds is 3. The highest BCUT2D eigenvalue weighted by Gasteiger charge is 2.34. The SMILES string of the molecule is CC(C)CN1CCC(O)(C(C)C)CC1. The summed E-state index contributed by atoms with van der Waals surface area (Å²) >= 11 is 0. The van der Waals surface area contributed by atoms with Crippen molar-refractivity contribution in [1.29, 1.82) is 0 Å². The molecule has 0 spiro atoms. The Morgan fingerprint density at radius 1 is 1.14 bits per heavy atom. The molecule has 1 heterocycles. The van der Waals surface area contributed by atoms with Gasteiger partial charge < -0.3 is 10.0 Å². The van der Waals surface area contributed by atoms with Gasteiger partial charge in [0.05, 0.1) is 5.60 Å². The summed E-state index contributed by atoms with van der Waals surface area (Å²) in [7, 11) is 0. The van der Waals surface area contributed by atoms with Gasteiger partial charge in [-0.25, -0.2) is 0 Å². The van der Waals surface area contributed by atoms with E-state index in [1.54, 1.807) is 0 Å². The predicted molar refractivity (Wildman–Crippen MR) is 60.3 cm³/mol. The Kier molecular flexibility index (Phi) is 3.96. The molecule has 2 nitrogen and oxygen atoms in total. The molecule has 0 atom stereocenters. The molecule has 14 heavy (non-hydrogen) atoms. The molecule has 1 rings (SSSR count). The van der Waals surface area contributed by atoms with Crippen molar-refractivity contribution in [1.82, 2.24) is 4.90 Å². The summed E-state index contributed by atoms with van der Waals surface area (Å²) in [6.45, 7) is 12.1. The Hall–Kier alpha value is -0.0800. The molecule has 1 aliphatic heterocycles. The zero-order chi connectivity index (χ0) is 10.8. The maximum atomic E-state index is 10.3. The van der Waals surface area contributed by atoms with Crippen molar-refractivity contribution in [3.05, 3.63) is 0 Å². The summed E-state index contributed by atoms with van der Waals surface area (Å²) in [5, 5.41) is 10.3. The third-order valence-electron chi connectivity index (χ3n) is 3.42. The van der Waals surface area contributed by atoms with Crippen molar-refractivity contribution in [3.8, 4) is 0 Å². The molecule has 0 aromatic rings. The predicted octanol–water partition coefficient (Wildman–Crippen LogP) is 2.13. The van der Waals surface area contributed by atoms with Crippen LogP contribution in [0.5, 0.6) is 0 Å². The fourth-order valence-corrected chi connectivity index (χ4v) is 2.22. The molecule has 1 aliphatic rings. The number of hydrogen-bond donors (Lipinski definition) is 1. The molecule has 2 heteroatoms. The molecule has 1 N–H and O–H groups in total. The lowest BCUT2D eigenvalue weighted by molar-refractivity contribution is -0.0578. The van der Waals surface area contributed by atoms with E-state index in [-0.39, 0.29) is 0 Å². The average molecular weight is 199 g/mol. The minimum Gasteiger partial charge on any atom is -0.390 e. The van der Waals surface area contributed by atoms with Gasteiger partial charge in [-0.3, -0.25) is 0 Å². The summed E-state index contributed by atoms with van der Waals surface area (Å²) in [5.74, 6) is 1.13. The van der Waals surface area contributed by atoms with Crippen LogP contribution in [0.15, 0.2) is 0 Å². The molecule has 0 bridgehead atoms. The molecule has 0 aliphatic carbocycles. The van der Waals surface area contributed by atoms with Gasteiger partial charge >= 0.3 is 0 Å². The van der Waals surface area contributed by atoms with Gasteiger partial charge in [0.1, 0.15) is 0 Å². The first-order valence-electron chi connectivity index (χ1n) is 5.89. The molecule has 84 valence electrons. The lowest BCUT2D eigenvalue weighted by Gasteiger charge is -2.41. The first-order chi connectivity index (χ1) is 6.44. The normalized spacial score (nSPS) is 23.4. The molecule has 0 saturated carbocycles. The Bertz CT molecular complexity index is 169. The molecular weight excluding hydrogens is 174 g/mol. The van der Waals surface area contributed by atoms with Gasteiger partial charge in [0, 0.05) is 19.6 Å². The molecule has 0 radical (unpaired) electrons. The molecule has 0 aromatic heterocycles. The van der Waals surface area contributed by atoms with E-state index < -0.39 is 5.60 Å². The second kappa shape index (κ2) is 4.63. The van der Waals surface area contributed by atoms with Crippen LogP contribution < -0.4 is 0 Å². The molecule has 0 unspecified atom stereocenters. The Balaban J connectivity index is 2.38. The van der Waals surface area contributed by atoms with Crippen LogP contribution in [0, 0.1) is 11.8 Å². The van der Waals surface area contributed by atoms with E-state index in [4.69, 9.17) is 0 Å². The topological polar surface area (TPSA) is 23.5 Å². The van der Waals surface area contributed by atoms with E-state index in [1.165, 1.54) is 6.54 Å². The van der Waals surface area contributed by atoms with Gasteiger partial charge in [-0.05, 0) is 24.7 Å². The quantitative estimate of drug-likeness (QED) is 0.752. The monoisotopic (exact) mass is 199 g/mol. The van der Waals surface area contributed by atoms with Crippen LogP contribution in [0.4, 0.5) is 0 Å². The van der Waals surface area contributed by atoms with Crippen LogP contribution in [0.3, 0.4) is 0 Å². The van der Waals surface area contributed by atoms with Crippen LogP contribution in [0.25, 0.3) is 0 Å². The summed E-state index contributed by atoms with van der Waals surface area (Å²) in [6, 6.07) is 0. The molecule has 1 fully saturated rings. The van der Waals surface area contributed by atoms with Crippen LogP contribution in [-0.2, 0) is 0 Å². The van der Waals surface area contributed by atoms with E-state index in [9.17, 15) is 5.11 Å². The van der Waals surface area contributed by atoms with E-state index in [0.717, 1.165) is 31.8 Å². The fraction of sp³-hybridized carbons (Fsp3) is 1.00. The van der Waals surface area contributed by atoms with E-state index in [0.29, 0.717) is 5.92 Å². The minimum atomic E-state index is -0.395. The van der Waals surface area contributed by atoms with Gasteiger partial charge in [0.15, 0.2) is 0 Å². The summed E-state index contributed by atoms with van der Waals surface area (Å²) in [5.41, 5.74) is -0.395. The van der Waals surface area contributed by atoms with E-state index in [1.807, 2.05) is 0 Å². The Morgan fingerprint density at radius 3 is 2.00 bits per heavy atom. The van der Waals surface area contributed by atoms with Gasteiger partial charge in [-0.1, -0.05) is 27.7 Å². The van der Waals surface area contributed by atoms with E-state index >= 15 is 0 Å². The standard InChI is InChI=1S/C12H25NO/c1-10(2)9-13-7-5-12(14,6-8-13)11(3)4/h10-11,14H,5-9H2,1-4H3. The van der Waals surface area contributed by atoms with Crippen molar-refractivity contribution in [2.24, 2.45) is 11.8 Å². The van der Waals surface area contributed by atoms with Crippen LogP contribution in [0.1, 0.15) is 40.5 Å². The number of likely N-dealkylation sites (tertiary alicyclic amines) is 1. The summed E-state index contributed by atoms with van der Waals surface area (Å²) in [6.07, 6.45) is 1.88. The van der Waals surface area contributed by atoms with Gasteiger partial charge in [0.2, 0.25) is 0 Å². The first-order valence-corrected chi connectivity index (χ1v) is 5.89. The highest BCUT2D eigenvalue weighted by molar-refractivity contribution is 4.88. The lowest BCUT2D eigenvalue weighted by Crippen LogP contribution is -2.48. The van der Waals surface area contributed by atoms with Gasteiger partial charge in [-0.2, -0.15) is 0 Å². The van der Waals surface area contributed by atoms with Gasteiger partial charge in [0.25, 0.3) is 0 Å². The van der Waals surface area contributed by atoms with Crippen molar-refractivity contribution in [2.75, 3.05) is 19.6 Å². The third kappa shape index (κ3) is 2.96. The molecule has 1 saturated heterocycles. The fourth-order valence-electron chi connectivity index (χ4n) is 2.22. The van der Waals surface area contributed by atoms with Gasteiger partial charge in [-0.15, -0.1) is 0 Å². The van der Waals surface area contributed by atoms with Crippen molar-refractivity contribution >= 4 is 0 Å². The van der Waals surface area contributed by atoms with Crippen molar-refractivity contribution in [2.45, 2.75) is 46.1 Å². The van der Waals surface area contributed by atoms with E-state index in [2.05, 4.69) is 32.6 Å². The van der Waals surface area contributed by atoms with Crippen LogP contribution in [-0.4, -0.2) is 35.2 Å². The molecule has 0 amide bonds. The molecule has 0 aromatic carbocycles. The zero-order valence-corrected chi connectivity index (χ0v) is 10.1. The highest BCUT2D eigenvalue weighted by atomic mass is 16.3. The van der Waals surface area contributed by atoms with Crippen molar-refractivity contribution < 1.29 is 5.11 Å². The van der Waals surface area contributed by atoms with Crippen molar-refractivity contribution in [3.63, 3.8) is 0 Å². The smallest absolute Gasteiger partial charge is 0.0694 e. The third-order valence-corrected chi connectivity index (χ3v) is 3.42. The number of piperidine rings is 1. The summed E-state index contributed by atoms with van der Waals surface area (Å²) in [4.78, 5) is 2.47. The maximum absolute atomic E-state index is 10.3. The molecular formula is C12H25NO. The maximum Gasteiger partial charge on any atom is 0.0694 e. The average Bonchev–Trinajstić information content (AvgIpc) is 2.08. The lowest BCUT2D eigenvalue weighted by atomic mass is 9.81. The second-order valence-electron chi connectivity index (χ2n) is 5.45. The second-order valence-corrected chi connectivity index (χ2v) is 5.45. The summed E-state index contributed by atoms with van der Waals surface area (Å²) < 4.78 is 0. The minimum absolute atomic E-state index is 0.392. The Morgan fingerprint density at radius 2 is 1.64 bits per heavy atom. The first kappa shape index (κ1) is 12.0. The number of nitrogens with zero attached hydrogens (tertiary/aromatic N) is 1. The van der Waals surface area contributed by atoms with Crippen LogP contribution >= 0.6 is 0 Å². The zero-order valence-electron chi connectivity index (χ0n) is 10.1. The number of aliphatic hydroxyl groups is 1. The van der Waals surface area contributed by atoms with Crippen LogP contribution in [0.2, 0.25) is 0 Å². The largest absolute Gasteiger partial charge is 0.390 e. The highest BCUT2D eigenvalue weighted by Crippen LogP contribution is 2.29. The number of hydrogen-bond acceptors (Lipinski definition) is 2. The Labute approximate surface area is 88.3 Å².